The van der Waals surface area contributed by atoms with E-state index in [-0.39, 0.29) is 28.1 Å². The molecule has 8 nitrogen and oxygen atoms in total. The minimum atomic E-state index is -4.17. The summed E-state index contributed by atoms with van der Waals surface area (Å²) in [5, 5.41) is 0. The average molecular weight is 612 g/mol. The maximum absolute atomic E-state index is 15.4. The fourth-order valence-corrected chi connectivity index (χ4v) is 5.65. The van der Waals surface area contributed by atoms with E-state index in [0.717, 1.165) is 0 Å². The van der Waals surface area contributed by atoms with Crippen LogP contribution in [0.5, 0.6) is 0 Å². The first-order chi connectivity index (χ1) is 18.1. The first-order valence-corrected chi connectivity index (χ1v) is 17.1. The average Bonchev–Trinajstić information content (AvgIpc) is 2.87. The molecular formula is C25H41FO8P4. The number of allylic oxidation sites excluding steroid dienone is 4. The van der Waals surface area contributed by atoms with Gasteiger partial charge in [-0.2, -0.15) is 0 Å². The predicted molar refractivity (Wildman–Crippen MR) is 158 cm³/mol. The fourth-order valence-electron chi connectivity index (χ4n) is 3.35. The first kappa shape index (κ1) is 35.4. The minimum Gasteiger partial charge on any atom is -0.455 e. The zero-order valence-corrected chi connectivity index (χ0v) is 26.6. The second-order valence-corrected chi connectivity index (χ2v) is 12.1. The molecule has 1 aliphatic heterocycles. The summed E-state index contributed by atoms with van der Waals surface area (Å²) in [5.74, 6) is -0.418. The van der Waals surface area contributed by atoms with E-state index in [0.29, 0.717) is 13.0 Å². The van der Waals surface area contributed by atoms with Gasteiger partial charge >= 0.3 is 19.7 Å². The van der Waals surface area contributed by atoms with Gasteiger partial charge in [0, 0.05) is 42.3 Å². The second-order valence-electron chi connectivity index (χ2n) is 8.63. The molecule has 0 aromatic heterocycles. The SMILES string of the molecule is CCOP(=O)(OCC)C(F)OC(C[C@H](\C=C/C=C\C=C\COP)OPP)C(C)(C)/C=C/[C@H]1CC=CC(=O)O1. The summed E-state index contributed by atoms with van der Waals surface area (Å²) < 4.78 is 60.6. The summed E-state index contributed by atoms with van der Waals surface area (Å²) in [5.41, 5.74) is -0.780. The fraction of sp³-hybridized carbons (Fsp3) is 0.560. The van der Waals surface area contributed by atoms with Crippen LogP contribution in [0.25, 0.3) is 0 Å². The number of ether oxygens (including phenoxy) is 2. The number of hydrogen-bond donors (Lipinski definition) is 0. The molecule has 0 aliphatic carbocycles. The molecule has 0 fully saturated rings. The number of alkyl halides is 1. The third-order valence-corrected chi connectivity index (χ3v) is 8.15. The number of cyclic esters (lactones) is 1. The van der Waals surface area contributed by atoms with Gasteiger partial charge in [0.05, 0.1) is 32.0 Å². The Bertz CT molecular complexity index is 881. The Morgan fingerprint density at radius 3 is 2.53 bits per heavy atom. The van der Waals surface area contributed by atoms with E-state index in [9.17, 15) is 9.36 Å². The molecule has 0 saturated carbocycles. The van der Waals surface area contributed by atoms with E-state index in [1.54, 1.807) is 26.0 Å². The number of halogens is 1. The van der Waals surface area contributed by atoms with Crippen LogP contribution in [0.2, 0.25) is 0 Å². The summed E-state index contributed by atoms with van der Waals surface area (Å²) in [4.78, 5) is 11.6. The zero-order valence-electron chi connectivity index (χ0n) is 22.4. The van der Waals surface area contributed by atoms with Crippen molar-refractivity contribution in [3.05, 3.63) is 60.8 Å². The van der Waals surface area contributed by atoms with Crippen LogP contribution in [-0.2, 0) is 36.9 Å². The lowest BCUT2D eigenvalue weighted by atomic mass is 9.82. The maximum atomic E-state index is 15.4. The second kappa shape index (κ2) is 19.5. The summed E-state index contributed by atoms with van der Waals surface area (Å²) in [7, 11) is 0.628. The Hall–Kier alpha value is -0.580. The molecule has 1 heterocycles. The Kier molecular flexibility index (Phi) is 18.2. The van der Waals surface area contributed by atoms with Gasteiger partial charge in [0.1, 0.15) is 6.10 Å². The molecule has 1 rings (SSSR count). The molecule has 1 aliphatic rings. The van der Waals surface area contributed by atoms with E-state index >= 15 is 4.39 Å². The summed E-state index contributed by atoms with van der Waals surface area (Å²) >= 11 is 0. The van der Waals surface area contributed by atoms with Gasteiger partial charge in [-0.25, -0.2) is 9.18 Å². The minimum absolute atomic E-state index is 0.00222. The van der Waals surface area contributed by atoms with Crippen LogP contribution in [-0.4, -0.2) is 50.2 Å². The van der Waals surface area contributed by atoms with Crippen molar-refractivity contribution in [3.8, 4) is 0 Å². The van der Waals surface area contributed by atoms with Crippen molar-refractivity contribution in [2.45, 2.75) is 64.9 Å². The molecule has 0 bridgehead atoms. The lowest BCUT2D eigenvalue weighted by molar-refractivity contribution is -0.141. The van der Waals surface area contributed by atoms with Crippen molar-refractivity contribution in [1.29, 1.82) is 0 Å². The summed E-state index contributed by atoms with van der Waals surface area (Å²) in [6, 6.07) is 0. The Labute approximate surface area is 232 Å². The largest absolute Gasteiger partial charge is 0.455 e. The summed E-state index contributed by atoms with van der Waals surface area (Å²) in [6.45, 7) is 7.41. The molecule has 0 amide bonds. The van der Waals surface area contributed by atoms with Crippen LogP contribution in [0.1, 0.15) is 40.5 Å². The van der Waals surface area contributed by atoms with Crippen LogP contribution in [0.15, 0.2) is 60.8 Å². The quantitative estimate of drug-likeness (QED) is 0.0669. The Morgan fingerprint density at radius 2 is 1.92 bits per heavy atom. The smallest absolute Gasteiger partial charge is 0.391 e. The molecular weight excluding hydrogens is 571 g/mol. The molecule has 0 spiro atoms. The standard InChI is InChI=1S/C25H41FO8P4/c1-5-30-38(28,31-6-2)24(26)33-22(25(3,4)17-16-20-14-12-15-23(27)32-20)19-21(34-37-36)13-10-8-7-9-11-18-29-35/h7-13,15-17,20-22,24,37H,5-6,14,18-19,35-36H2,1-4H3/b8-7-,11-9+,13-10-,17-16+/t20-,21+,22?,24?/m1/s1. The lowest BCUT2D eigenvalue weighted by Crippen LogP contribution is -2.36. The van der Waals surface area contributed by atoms with Crippen LogP contribution in [0, 0.1) is 5.41 Å². The molecule has 38 heavy (non-hydrogen) atoms. The number of carbonyl (C=O) groups excluding carboxylic acids is 1. The molecule has 0 aromatic carbocycles. The highest BCUT2D eigenvalue weighted by Crippen LogP contribution is 2.55. The lowest BCUT2D eigenvalue weighted by Gasteiger charge is -2.35. The van der Waals surface area contributed by atoms with Gasteiger partial charge < -0.3 is 27.6 Å². The van der Waals surface area contributed by atoms with E-state index in [4.69, 9.17) is 27.6 Å². The van der Waals surface area contributed by atoms with Crippen molar-refractivity contribution in [1.82, 2.24) is 0 Å². The molecule has 0 N–H and O–H groups in total. The first-order valence-electron chi connectivity index (χ1n) is 12.3. The molecule has 7 atom stereocenters. The van der Waals surface area contributed by atoms with Gasteiger partial charge in [0.2, 0.25) is 0 Å². The van der Waals surface area contributed by atoms with Crippen LogP contribution < -0.4 is 0 Å². The van der Waals surface area contributed by atoms with Crippen molar-refractivity contribution >= 4 is 40.5 Å². The molecule has 0 aromatic rings. The molecule has 216 valence electrons. The van der Waals surface area contributed by atoms with Gasteiger partial charge in [0.15, 0.2) is 0 Å². The predicted octanol–water partition coefficient (Wildman–Crippen LogP) is 6.98. The molecule has 0 radical (unpaired) electrons. The van der Waals surface area contributed by atoms with Crippen molar-refractivity contribution < 1.29 is 41.3 Å². The van der Waals surface area contributed by atoms with Crippen LogP contribution in [0.3, 0.4) is 0 Å². The number of rotatable bonds is 19. The Morgan fingerprint density at radius 1 is 1.24 bits per heavy atom. The van der Waals surface area contributed by atoms with Crippen LogP contribution in [0.4, 0.5) is 4.39 Å². The summed E-state index contributed by atoms with van der Waals surface area (Å²) in [6.07, 6.45) is 14.5. The van der Waals surface area contributed by atoms with E-state index in [1.807, 2.05) is 56.4 Å². The third kappa shape index (κ3) is 13.7. The number of esters is 1. The highest BCUT2D eigenvalue weighted by atomic mass is 32.0. The number of hydrogen-bond acceptors (Lipinski definition) is 8. The third-order valence-electron chi connectivity index (χ3n) is 5.26. The van der Waals surface area contributed by atoms with Gasteiger partial charge in [-0.05, 0) is 19.9 Å². The van der Waals surface area contributed by atoms with Crippen LogP contribution >= 0.6 is 34.5 Å². The molecule has 0 saturated heterocycles. The van der Waals surface area contributed by atoms with Crippen molar-refractivity contribution in [2.75, 3.05) is 19.8 Å². The highest BCUT2D eigenvalue weighted by Gasteiger charge is 2.42. The Balaban J connectivity index is 3.19. The van der Waals surface area contributed by atoms with Gasteiger partial charge in [-0.15, -0.1) is 0 Å². The monoisotopic (exact) mass is 612 g/mol. The number of carbonyl (C=O) groups is 1. The maximum Gasteiger partial charge on any atom is 0.391 e. The van der Waals surface area contributed by atoms with Crippen molar-refractivity contribution in [3.63, 3.8) is 0 Å². The normalized spacial score (nSPS) is 20.0. The van der Waals surface area contributed by atoms with E-state index < -0.39 is 43.4 Å². The van der Waals surface area contributed by atoms with Crippen molar-refractivity contribution in [2.24, 2.45) is 5.41 Å². The molecule has 5 unspecified atom stereocenters. The van der Waals surface area contributed by atoms with E-state index in [1.165, 1.54) is 6.08 Å². The van der Waals surface area contributed by atoms with E-state index in [2.05, 4.69) is 18.4 Å². The van der Waals surface area contributed by atoms with Gasteiger partial charge in [0.25, 0.3) is 0 Å². The topological polar surface area (TPSA) is 89.5 Å². The molecule has 13 heteroatoms. The van der Waals surface area contributed by atoms with Gasteiger partial charge in [-0.3, -0.25) is 4.57 Å². The highest BCUT2D eigenvalue weighted by molar-refractivity contribution is 8.00. The van der Waals surface area contributed by atoms with Gasteiger partial charge in [-0.1, -0.05) is 71.4 Å². The zero-order chi connectivity index (χ0) is 28.4.